The van der Waals surface area contributed by atoms with Crippen molar-refractivity contribution in [2.75, 3.05) is 11.9 Å². The molecule has 0 unspecified atom stereocenters. The van der Waals surface area contributed by atoms with E-state index in [1.165, 1.54) is 19.1 Å². The van der Waals surface area contributed by atoms with Gasteiger partial charge in [0.15, 0.2) is 0 Å². The van der Waals surface area contributed by atoms with Crippen LogP contribution in [0.15, 0.2) is 53.4 Å². The summed E-state index contributed by atoms with van der Waals surface area (Å²) in [5.41, 5.74) is 1.69. The molecule has 146 valence electrons. The van der Waals surface area contributed by atoms with Crippen molar-refractivity contribution >= 4 is 21.6 Å². The first-order chi connectivity index (χ1) is 12.8. The number of carbonyl (C=O) groups excluding carboxylic acids is 1. The summed E-state index contributed by atoms with van der Waals surface area (Å²) in [5.74, 6) is 0.629. The van der Waals surface area contributed by atoms with E-state index in [1.807, 2.05) is 38.1 Å². The van der Waals surface area contributed by atoms with Gasteiger partial charge in [0.25, 0.3) is 0 Å². The first-order valence-corrected chi connectivity index (χ1v) is 10.4. The maximum absolute atomic E-state index is 12.3. The van der Waals surface area contributed by atoms with E-state index in [1.54, 1.807) is 12.1 Å². The summed E-state index contributed by atoms with van der Waals surface area (Å²) in [5, 5.41) is 2.61. The molecular formula is C20H26N2O4S. The molecule has 0 aliphatic heterocycles. The lowest BCUT2D eigenvalue weighted by atomic mass is 10.1. The third-order valence-electron chi connectivity index (χ3n) is 3.71. The van der Waals surface area contributed by atoms with Crippen molar-refractivity contribution in [2.45, 2.75) is 44.6 Å². The Labute approximate surface area is 161 Å². The van der Waals surface area contributed by atoms with Gasteiger partial charge in [0, 0.05) is 19.2 Å². The number of hydrogen-bond donors (Lipinski definition) is 2. The van der Waals surface area contributed by atoms with Gasteiger partial charge in [-0.1, -0.05) is 12.1 Å². The van der Waals surface area contributed by atoms with Crippen LogP contribution in [0.5, 0.6) is 5.75 Å². The Hall–Kier alpha value is -2.38. The fourth-order valence-corrected chi connectivity index (χ4v) is 3.58. The second-order valence-electron chi connectivity index (χ2n) is 6.52. The highest BCUT2D eigenvalue weighted by Gasteiger charge is 2.13. The van der Waals surface area contributed by atoms with Gasteiger partial charge < -0.3 is 10.1 Å². The molecule has 0 aliphatic carbocycles. The van der Waals surface area contributed by atoms with Crippen molar-refractivity contribution in [1.82, 2.24) is 4.72 Å². The number of aryl methyl sites for hydroxylation is 1. The summed E-state index contributed by atoms with van der Waals surface area (Å²) in [6, 6.07) is 13.9. The molecule has 6 nitrogen and oxygen atoms in total. The van der Waals surface area contributed by atoms with Crippen LogP contribution < -0.4 is 14.8 Å². The van der Waals surface area contributed by atoms with Crippen LogP contribution in [0.2, 0.25) is 0 Å². The zero-order valence-electron chi connectivity index (χ0n) is 15.9. The van der Waals surface area contributed by atoms with Gasteiger partial charge >= 0.3 is 0 Å². The van der Waals surface area contributed by atoms with Gasteiger partial charge in [-0.05, 0) is 68.7 Å². The van der Waals surface area contributed by atoms with Gasteiger partial charge in [-0.25, -0.2) is 13.1 Å². The Morgan fingerprint density at radius 1 is 1.04 bits per heavy atom. The Morgan fingerprint density at radius 3 is 2.22 bits per heavy atom. The fourth-order valence-electron chi connectivity index (χ4n) is 2.51. The normalized spacial score (nSPS) is 11.4. The van der Waals surface area contributed by atoms with Gasteiger partial charge in [-0.2, -0.15) is 0 Å². The molecule has 2 N–H and O–H groups in total. The summed E-state index contributed by atoms with van der Waals surface area (Å²) in [4.78, 5) is 11.2. The van der Waals surface area contributed by atoms with Crippen molar-refractivity contribution in [3.05, 3.63) is 54.1 Å². The standard InChI is InChI=1S/C20H26N2O4S/c1-15(2)26-19-10-6-17(7-11-19)5-4-14-21-27(24,25)20-12-8-18(9-13-20)22-16(3)23/h6-13,15,21H,4-5,14H2,1-3H3,(H,22,23). The van der Waals surface area contributed by atoms with Crippen LogP contribution in [0.25, 0.3) is 0 Å². The highest BCUT2D eigenvalue weighted by Crippen LogP contribution is 2.16. The smallest absolute Gasteiger partial charge is 0.240 e. The number of ether oxygens (including phenoxy) is 1. The van der Waals surface area contributed by atoms with Gasteiger partial charge in [0.1, 0.15) is 5.75 Å². The third kappa shape index (κ3) is 7.03. The van der Waals surface area contributed by atoms with E-state index in [9.17, 15) is 13.2 Å². The van der Waals surface area contributed by atoms with Crippen molar-refractivity contribution in [3.63, 3.8) is 0 Å². The molecule has 0 saturated heterocycles. The number of benzene rings is 2. The number of nitrogens with one attached hydrogen (secondary N) is 2. The van der Waals surface area contributed by atoms with Crippen molar-refractivity contribution in [2.24, 2.45) is 0 Å². The summed E-state index contributed by atoms with van der Waals surface area (Å²) in [6.45, 7) is 5.71. The summed E-state index contributed by atoms with van der Waals surface area (Å²) >= 11 is 0. The zero-order valence-corrected chi connectivity index (χ0v) is 16.7. The van der Waals surface area contributed by atoms with E-state index in [0.29, 0.717) is 18.7 Å². The monoisotopic (exact) mass is 390 g/mol. The molecule has 27 heavy (non-hydrogen) atoms. The van der Waals surface area contributed by atoms with Crippen molar-refractivity contribution < 1.29 is 17.9 Å². The molecule has 0 fully saturated rings. The van der Waals surface area contributed by atoms with Crippen LogP contribution in [0.1, 0.15) is 32.8 Å². The quantitative estimate of drug-likeness (QED) is 0.643. The Morgan fingerprint density at radius 2 is 1.67 bits per heavy atom. The van der Waals surface area contributed by atoms with Crippen LogP contribution >= 0.6 is 0 Å². The lowest BCUT2D eigenvalue weighted by Crippen LogP contribution is -2.25. The molecule has 2 aromatic carbocycles. The van der Waals surface area contributed by atoms with Crippen LogP contribution in [-0.2, 0) is 21.2 Å². The minimum Gasteiger partial charge on any atom is -0.491 e. The first kappa shape index (κ1) is 20.9. The maximum atomic E-state index is 12.3. The number of rotatable bonds is 9. The molecule has 2 rings (SSSR count). The molecule has 0 atom stereocenters. The van der Waals surface area contributed by atoms with Crippen molar-refractivity contribution in [1.29, 1.82) is 0 Å². The predicted molar refractivity (Wildman–Crippen MR) is 106 cm³/mol. The van der Waals surface area contributed by atoms with Crippen molar-refractivity contribution in [3.8, 4) is 5.75 Å². The van der Waals surface area contributed by atoms with Gasteiger partial charge in [0.2, 0.25) is 15.9 Å². The second-order valence-corrected chi connectivity index (χ2v) is 8.28. The molecule has 0 spiro atoms. The van der Waals surface area contributed by atoms with Crippen LogP contribution in [0.4, 0.5) is 5.69 Å². The number of anilines is 1. The second kappa shape index (κ2) is 9.53. The van der Waals surface area contributed by atoms with E-state index in [4.69, 9.17) is 4.74 Å². The summed E-state index contributed by atoms with van der Waals surface area (Å²) in [6.07, 6.45) is 1.59. The SMILES string of the molecule is CC(=O)Nc1ccc(S(=O)(=O)NCCCc2ccc(OC(C)C)cc2)cc1. The number of sulfonamides is 1. The topological polar surface area (TPSA) is 84.5 Å². The van der Waals surface area contributed by atoms with E-state index >= 15 is 0 Å². The number of amides is 1. The average Bonchev–Trinajstić information content (AvgIpc) is 2.59. The van der Waals surface area contributed by atoms with Crippen LogP contribution in [0.3, 0.4) is 0 Å². The van der Waals surface area contributed by atoms with E-state index in [-0.39, 0.29) is 16.9 Å². The largest absolute Gasteiger partial charge is 0.491 e. The Bertz CT molecular complexity index is 845. The first-order valence-electron chi connectivity index (χ1n) is 8.89. The summed E-state index contributed by atoms with van der Waals surface area (Å²) < 4.78 is 32.8. The van der Waals surface area contributed by atoms with Gasteiger partial charge in [0.05, 0.1) is 11.0 Å². The highest BCUT2D eigenvalue weighted by molar-refractivity contribution is 7.89. The molecule has 0 bridgehead atoms. The highest BCUT2D eigenvalue weighted by atomic mass is 32.2. The Kier molecular flexibility index (Phi) is 7.38. The molecule has 7 heteroatoms. The Balaban J connectivity index is 1.82. The number of carbonyl (C=O) groups is 1. The molecule has 0 saturated carbocycles. The third-order valence-corrected chi connectivity index (χ3v) is 5.19. The lowest BCUT2D eigenvalue weighted by Gasteiger charge is -2.10. The van der Waals surface area contributed by atoms with Gasteiger partial charge in [-0.15, -0.1) is 0 Å². The molecule has 0 heterocycles. The minimum atomic E-state index is -3.56. The lowest BCUT2D eigenvalue weighted by molar-refractivity contribution is -0.114. The molecule has 0 aliphatic rings. The molecule has 2 aromatic rings. The van der Waals surface area contributed by atoms with Gasteiger partial charge in [-0.3, -0.25) is 4.79 Å². The molecule has 1 amide bonds. The van der Waals surface area contributed by atoms with Crippen LogP contribution in [-0.4, -0.2) is 27.0 Å². The van der Waals surface area contributed by atoms with E-state index in [2.05, 4.69) is 10.0 Å². The minimum absolute atomic E-state index is 0.137. The zero-order chi connectivity index (χ0) is 19.9. The predicted octanol–water partition coefficient (Wildman–Crippen LogP) is 3.34. The van der Waals surface area contributed by atoms with Crippen LogP contribution in [0, 0.1) is 0 Å². The maximum Gasteiger partial charge on any atom is 0.240 e. The molecule has 0 radical (unpaired) electrons. The van der Waals surface area contributed by atoms with E-state index in [0.717, 1.165) is 17.7 Å². The van der Waals surface area contributed by atoms with E-state index < -0.39 is 10.0 Å². The molecular weight excluding hydrogens is 364 g/mol. The average molecular weight is 391 g/mol. The fraction of sp³-hybridized carbons (Fsp3) is 0.350. The number of hydrogen-bond acceptors (Lipinski definition) is 4. The molecule has 0 aromatic heterocycles. The summed E-state index contributed by atoms with van der Waals surface area (Å²) in [7, 11) is -3.56.